The number of ether oxygens (including phenoxy) is 1. The predicted octanol–water partition coefficient (Wildman–Crippen LogP) is 4.83. The zero-order chi connectivity index (χ0) is 28.6. The van der Waals surface area contributed by atoms with E-state index in [2.05, 4.69) is 11.4 Å². The quantitative estimate of drug-likeness (QED) is 0.276. The van der Waals surface area contributed by atoms with Crippen LogP contribution in [0.4, 0.5) is 11.4 Å². The molecule has 0 spiro atoms. The van der Waals surface area contributed by atoms with Crippen LogP contribution in [0.25, 0.3) is 0 Å². The van der Waals surface area contributed by atoms with Crippen molar-refractivity contribution in [2.24, 2.45) is 0 Å². The van der Waals surface area contributed by atoms with Gasteiger partial charge in [0.15, 0.2) is 0 Å². The molecule has 1 fully saturated rings. The molecular weight excluding hydrogens is 516 g/mol. The minimum absolute atomic E-state index is 0.0152. The summed E-state index contributed by atoms with van der Waals surface area (Å²) in [6, 6.07) is 22.5. The molecule has 0 unspecified atom stereocenters. The van der Waals surface area contributed by atoms with Crippen LogP contribution in [-0.2, 0) is 11.2 Å². The highest BCUT2D eigenvalue weighted by atomic mass is 16.5. The molecule has 0 atom stereocenters. The Labute approximate surface area is 241 Å². The topological polar surface area (TPSA) is 105 Å². The molecule has 0 aliphatic carbocycles. The predicted molar refractivity (Wildman–Crippen MR) is 160 cm³/mol. The van der Waals surface area contributed by atoms with E-state index in [0.717, 1.165) is 50.0 Å². The molecule has 3 aromatic carbocycles. The summed E-state index contributed by atoms with van der Waals surface area (Å²) in [7, 11) is 0. The molecular formula is C33H38N4O4. The van der Waals surface area contributed by atoms with Crippen LogP contribution in [0.1, 0.15) is 64.8 Å². The first kappa shape index (κ1) is 28.2. The van der Waals surface area contributed by atoms with Gasteiger partial charge in [0.05, 0.1) is 6.61 Å². The van der Waals surface area contributed by atoms with Gasteiger partial charge in [-0.25, -0.2) is 0 Å². The molecule has 3 amide bonds. The van der Waals surface area contributed by atoms with Crippen LogP contribution in [0.2, 0.25) is 0 Å². The van der Waals surface area contributed by atoms with Crippen LogP contribution in [0.15, 0.2) is 72.8 Å². The number of unbranched alkanes of at least 4 members (excludes halogenated alkanes) is 2. The lowest BCUT2D eigenvalue weighted by Gasteiger charge is -2.41. The van der Waals surface area contributed by atoms with Crippen molar-refractivity contribution in [3.8, 4) is 5.75 Å². The fraction of sp³-hybridized carbons (Fsp3) is 0.364. The van der Waals surface area contributed by atoms with Gasteiger partial charge in [-0.05, 0) is 98.7 Å². The highest BCUT2D eigenvalue weighted by Gasteiger charge is 2.33. The normalized spacial score (nSPS) is 15.4. The number of anilines is 2. The van der Waals surface area contributed by atoms with Crippen LogP contribution < -0.4 is 20.7 Å². The summed E-state index contributed by atoms with van der Waals surface area (Å²) >= 11 is 0. The second-order valence-electron chi connectivity index (χ2n) is 10.7. The third kappa shape index (κ3) is 7.06. The van der Waals surface area contributed by atoms with Crippen molar-refractivity contribution >= 4 is 29.1 Å². The SMILES string of the molecule is Nc1ccc(C(=O)NCCCCCOc2ccc(C(=O)N3CCC(N4C(=O)CCc5ccccc54)CC3)cc2)cc1. The lowest BCUT2D eigenvalue weighted by atomic mass is 9.95. The van der Waals surface area contributed by atoms with Crippen LogP contribution in [-0.4, -0.2) is 54.9 Å². The molecule has 8 nitrogen and oxygen atoms in total. The van der Waals surface area contributed by atoms with E-state index in [1.165, 1.54) is 5.56 Å². The van der Waals surface area contributed by atoms with Gasteiger partial charge < -0.3 is 25.6 Å². The Balaban J connectivity index is 1.00. The number of fused-ring (bicyclic) bond motifs is 1. The van der Waals surface area contributed by atoms with Crippen molar-refractivity contribution in [2.45, 2.75) is 51.0 Å². The first-order valence-electron chi connectivity index (χ1n) is 14.6. The van der Waals surface area contributed by atoms with E-state index in [4.69, 9.17) is 10.5 Å². The lowest BCUT2D eigenvalue weighted by Crippen LogP contribution is -2.50. The number of carbonyl (C=O) groups excluding carboxylic acids is 3. The average Bonchev–Trinajstić information content (AvgIpc) is 3.01. The summed E-state index contributed by atoms with van der Waals surface area (Å²) in [4.78, 5) is 41.9. The van der Waals surface area contributed by atoms with E-state index >= 15 is 0 Å². The molecule has 2 heterocycles. The summed E-state index contributed by atoms with van der Waals surface area (Å²) in [6.45, 7) is 2.45. The molecule has 1 saturated heterocycles. The standard InChI is InChI=1S/C33H38N4O4/c34-27-13-8-25(9-14-27)32(39)35-20-4-1-5-23-41-29-15-10-26(11-16-29)33(40)36-21-18-28(19-22-36)37-30-7-3-2-6-24(30)12-17-31(37)38/h2-3,6-11,13-16,28H,1,4-5,12,17-23,34H2,(H,35,39). The lowest BCUT2D eigenvalue weighted by molar-refractivity contribution is -0.119. The molecule has 2 aliphatic rings. The summed E-state index contributed by atoms with van der Waals surface area (Å²) in [5, 5.41) is 2.92. The number of nitrogens with two attached hydrogens (primary N) is 1. The number of piperidine rings is 1. The molecule has 5 rings (SSSR count). The number of hydrogen-bond donors (Lipinski definition) is 2. The van der Waals surface area contributed by atoms with Gasteiger partial charge in [0.1, 0.15) is 5.75 Å². The maximum absolute atomic E-state index is 13.1. The molecule has 3 N–H and O–H groups in total. The molecule has 214 valence electrons. The van der Waals surface area contributed by atoms with E-state index < -0.39 is 0 Å². The van der Waals surface area contributed by atoms with Gasteiger partial charge in [-0.3, -0.25) is 14.4 Å². The van der Waals surface area contributed by atoms with E-state index in [1.54, 1.807) is 24.3 Å². The van der Waals surface area contributed by atoms with E-state index in [9.17, 15) is 14.4 Å². The van der Waals surface area contributed by atoms with Crippen LogP contribution in [0, 0.1) is 0 Å². The molecule has 0 aromatic heterocycles. The van der Waals surface area contributed by atoms with Gasteiger partial charge in [0.2, 0.25) is 5.91 Å². The van der Waals surface area contributed by atoms with Gasteiger partial charge in [0.25, 0.3) is 11.8 Å². The van der Waals surface area contributed by atoms with Gasteiger partial charge in [-0.2, -0.15) is 0 Å². The number of amides is 3. The van der Waals surface area contributed by atoms with E-state index in [0.29, 0.717) is 49.5 Å². The second-order valence-corrected chi connectivity index (χ2v) is 10.7. The number of benzene rings is 3. The number of nitrogens with one attached hydrogen (secondary N) is 1. The first-order chi connectivity index (χ1) is 20.0. The van der Waals surface area contributed by atoms with Crippen LogP contribution in [0.3, 0.4) is 0 Å². The van der Waals surface area contributed by atoms with Gasteiger partial charge in [-0.1, -0.05) is 18.2 Å². The summed E-state index contributed by atoms with van der Waals surface area (Å²) in [6.07, 6.45) is 5.57. The highest BCUT2D eigenvalue weighted by molar-refractivity contribution is 5.97. The number of hydrogen-bond acceptors (Lipinski definition) is 5. The Morgan fingerprint density at radius 2 is 1.56 bits per heavy atom. The first-order valence-corrected chi connectivity index (χ1v) is 14.6. The van der Waals surface area contributed by atoms with Crippen molar-refractivity contribution in [3.05, 3.63) is 89.5 Å². The minimum Gasteiger partial charge on any atom is -0.494 e. The molecule has 3 aromatic rings. The van der Waals surface area contributed by atoms with Crippen molar-refractivity contribution in [3.63, 3.8) is 0 Å². The Hall–Kier alpha value is -4.33. The average molecular weight is 555 g/mol. The molecule has 8 heteroatoms. The number of likely N-dealkylation sites (tertiary alicyclic amines) is 1. The minimum atomic E-state index is -0.0943. The monoisotopic (exact) mass is 554 g/mol. The molecule has 0 radical (unpaired) electrons. The maximum Gasteiger partial charge on any atom is 0.253 e. The zero-order valence-corrected chi connectivity index (χ0v) is 23.4. The fourth-order valence-corrected chi connectivity index (χ4v) is 5.59. The largest absolute Gasteiger partial charge is 0.494 e. The van der Waals surface area contributed by atoms with Crippen molar-refractivity contribution in [1.82, 2.24) is 10.2 Å². The summed E-state index contributed by atoms with van der Waals surface area (Å²) in [5.41, 5.74) is 9.81. The molecule has 41 heavy (non-hydrogen) atoms. The van der Waals surface area contributed by atoms with E-state index in [-0.39, 0.29) is 23.8 Å². The Morgan fingerprint density at radius 3 is 2.32 bits per heavy atom. The van der Waals surface area contributed by atoms with E-state index in [1.807, 2.05) is 52.3 Å². The van der Waals surface area contributed by atoms with Crippen molar-refractivity contribution < 1.29 is 19.1 Å². The number of rotatable bonds is 10. The van der Waals surface area contributed by atoms with Gasteiger partial charge in [-0.15, -0.1) is 0 Å². The van der Waals surface area contributed by atoms with Crippen LogP contribution in [0.5, 0.6) is 5.75 Å². The number of para-hydroxylation sites is 1. The molecule has 2 aliphatic heterocycles. The number of nitrogen functional groups attached to an aromatic ring is 1. The van der Waals surface area contributed by atoms with Crippen molar-refractivity contribution in [2.75, 3.05) is 36.9 Å². The number of aryl methyl sites for hydroxylation is 1. The highest BCUT2D eigenvalue weighted by Crippen LogP contribution is 2.32. The zero-order valence-electron chi connectivity index (χ0n) is 23.4. The van der Waals surface area contributed by atoms with Crippen LogP contribution >= 0.6 is 0 Å². The number of nitrogens with zero attached hydrogens (tertiary/aromatic N) is 2. The van der Waals surface area contributed by atoms with Gasteiger partial charge in [0, 0.05) is 54.6 Å². The smallest absolute Gasteiger partial charge is 0.253 e. The second kappa shape index (κ2) is 13.4. The molecule has 0 bridgehead atoms. The fourth-order valence-electron chi connectivity index (χ4n) is 5.59. The third-order valence-corrected chi connectivity index (χ3v) is 7.89. The Morgan fingerprint density at radius 1 is 0.854 bits per heavy atom. The van der Waals surface area contributed by atoms with Crippen molar-refractivity contribution in [1.29, 1.82) is 0 Å². The number of carbonyl (C=O) groups is 3. The van der Waals surface area contributed by atoms with Gasteiger partial charge >= 0.3 is 0 Å². The maximum atomic E-state index is 13.1. The summed E-state index contributed by atoms with van der Waals surface area (Å²) < 4.78 is 5.85. The molecule has 0 saturated carbocycles. The third-order valence-electron chi connectivity index (χ3n) is 7.89. The summed E-state index contributed by atoms with van der Waals surface area (Å²) in [5.74, 6) is 0.842. The Kier molecular flexibility index (Phi) is 9.19. The Bertz CT molecular complexity index is 1350.